The molecule has 2 aliphatic rings. The normalized spacial score (nSPS) is 24.1. The summed E-state index contributed by atoms with van der Waals surface area (Å²) in [5.74, 6) is -3.48. The fraction of sp³-hybridized carbons (Fsp3) is 0.500. The Bertz CT molecular complexity index is 1580. The highest BCUT2D eigenvalue weighted by atomic mass is 16.2. The molecule has 280 valence electrons. The molecule has 2 aromatic rings. The minimum Gasteiger partial charge on any atom is -0.368 e. The van der Waals surface area contributed by atoms with Crippen molar-refractivity contribution >= 4 is 35.4 Å². The van der Waals surface area contributed by atoms with Crippen molar-refractivity contribution in [2.45, 2.75) is 115 Å². The Morgan fingerprint density at radius 1 is 0.654 bits per heavy atom. The summed E-state index contributed by atoms with van der Waals surface area (Å²) in [6.45, 7) is 6.47. The van der Waals surface area contributed by atoms with E-state index in [0.29, 0.717) is 12.8 Å². The summed E-state index contributed by atoms with van der Waals surface area (Å²) in [7, 11) is 0. The van der Waals surface area contributed by atoms with Gasteiger partial charge in [0.1, 0.15) is 24.2 Å². The summed E-state index contributed by atoms with van der Waals surface area (Å²) >= 11 is 0. The van der Waals surface area contributed by atoms with Gasteiger partial charge in [0.05, 0.1) is 0 Å². The average molecular weight is 715 g/mol. The van der Waals surface area contributed by atoms with Gasteiger partial charge in [-0.25, -0.2) is 0 Å². The van der Waals surface area contributed by atoms with E-state index >= 15 is 0 Å². The molecule has 0 bridgehead atoms. The molecule has 0 unspecified atom stereocenters. The SMILES string of the molecule is CC(C)(C)c1ccc(C[C@@H]2NC(=O)[C@H](Cc3ccccc3)NC(=O)[C@H](CC3CCCCC3)NC(=O)/C=C/C(=O)N[C@H](C(N)=O)CCCNC2=O)cc1. The van der Waals surface area contributed by atoms with Crippen LogP contribution in [0.5, 0.6) is 0 Å². The number of primary amides is 1. The third-order valence-electron chi connectivity index (χ3n) is 9.75. The molecule has 0 radical (unpaired) electrons. The predicted octanol–water partition coefficient (Wildman–Crippen LogP) is 2.63. The predicted molar refractivity (Wildman–Crippen MR) is 198 cm³/mol. The summed E-state index contributed by atoms with van der Waals surface area (Å²) in [6, 6.07) is 13.0. The molecule has 1 fully saturated rings. The van der Waals surface area contributed by atoms with E-state index < -0.39 is 59.6 Å². The Morgan fingerprint density at radius 3 is 1.81 bits per heavy atom. The maximum absolute atomic E-state index is 14.1. The molecule has 52 heavy (non-hydrogen) atoms. The highest BCUT2D eigenvalue weighted by Crippen LogP contribution is 2.27. The lowest BCUT2D eigenvalue weighted by molar-refractivity contribution is -0.133. The topological polar surface area (TPSA) is 189 Å². The molecule has 0 saturated heterocycles. The average Bonchev–Trinajstić information content (AvgIpc) is 3.11. The summed E-state index contributed by atoms with van der Waals surface area (Å²) in [6.07, 6.45) is 8.08. The van der Waals surface area contributed by atoms with E-state index in [0.717, 1.165) is 60.9 Å². The molecule has 6 amide bonds. The van der Waals surface area contributed by atoms with Gasteiger partial charge in [0, 0.05) is 31.5 Å². The molecule has 2 aromatic carbocycles. The maximum atomic E-state index is 14.1. The van der Waals surface area contributed by atoms with Gasteiger partial charge in [-0.1, -0.05) is 107 Å². The molecule has 4 rings (SSSR count). The molecule has 12 heteroatoms. The van der Waals surface area contributed by atoms with Crippen LogP contribution >= 0.6 is 0 Å². The van der Waals surface area contributed by atoms with Gasteiger partial charge in [0.15, 0.2) is 0 Å². The molecule has 1 aliphatic carbocycles. The van der Waals surface area contributed by atoms with Gasteiger partial charge in [0.2, 0.25) is 35.4 Å². The van der Waals surface area contributed by atoms with Gasteiger partial charge >= 0.3 is 0 Å². The van der Waals surface area contributed by atoms with Crippen LogP contribution in [0.3, 0.4) is 0 Å². The van der Waals surface area contributed by atoms with Crippen LogP contribution in [0.25, 0.3) is 0 Å². The molecule has 1 aliphatic heterocycles. The third kappa shape index (κ3) is 12.6. The Balaban J connectivity index is 1.66. The van der Waals surface area contributed by atoms with Gasteiger partial charge in [-0.05, 0) is 47.3 Å². The van der Waals surface area contributed by atoms with E-state index in [-0.39, 0.29) is 37.1 Å². The maximum Gasteiger partial charge on any atom is 0.244 e. The smallest absolute Gasteiger partial charge is 0.244 e. The van der Waals surface area contributed by atoms with Gasteiger partial charge < -0.3 is 32.3 Å². The van der Waals surface area contributed by atoms with E-state index in [4.69, 9.17) is 5.73 Å². The summed E-state index contributed by atoms with van der Waals surface area (Å²) < 4.78 is 0. The summed E-state index contributed by atoms with van der Waals surface area (Å²) in [5, 5.41) is 13.9. The Hall–Kier alpha value is -5.00. The first-order chi connectivity index (χ1) is 24.8. The standard InChI is InChI=1S/C40H54N6O6/c1-40(2,3)29-18-16-28(17-19-29)25-31-37(50)42-22-10-15-30(36(41)49)43-34(47)20-21-35(48)44-32(23-26-11-6-4-7-12-26)38(51)46-33(39(52)45-31)24-27-13-8-5-9-14-27/h5,8-9,13-14,16-21,26,30-33H,4,6-7,10-12,15,22-25H2,1-3H3,(H2,41,49)(H,42,50)(H,43,47)(H,44,48)(H,45,52)(H,46,51)/b21-20+/t30-,31-,32-,33-/m0/s1. The van der Waals surface area contributed by atoms with E-state index in [1.165, 1.54) is 0 Å². The van der Waals surface area contributed by atoms with Crippen molar-refractivity contribution in [2.75, 3.05) is 6.54 Å². The second-order valence-corrected chi connectivity index (χ2v) is 15.0. The lowest BCUT2D eigenvalue weighted by atomic mass is 9.84. The number of nitrogens with one attached hydrogen (secondary N) is 5. The molecule has 0 aromatic heterocycles. The van der Waals surface area contributed by atoms with Crippen molar-refractivity contribution in [3.05, 3.63) is 83.4 Å². The van der Waals surface area contributed by atoms with Crippen LogP contribution in [0.2, 0.25) is 0 Å². The Labute approximate surface area is 306 Å². The highest BCUT2D eigenvalue weighted by Gasteiger charge is 2.32. The van der Waals surface area contributed by atoms with Crippen LogP contribution in [0.15, 0.2) is 66.7 Å². The van der Waals surface area contributed by atoms with Crippen molar-refractivity contribution in [3.63, 3.8) is 0 Å². The number of carbonyl (C=O) groups excluding carboxylic acids is 6. The molecule has 1 saturated carbocycles. The van der Waals surface area contributed by atoms with Crippen molar-refractivity contribution < 1.29 is 28.8 Å². The first-order valence-electron chi connectivity index (χ1n) is 18.4. The molecule has 1 heterocycles. The van der Waals surface area contributed by atoms with Crippen LogP contribution in [-0.4, -0.2) is 66.2 Å². The summed E-state index contributed by atoms with van der Waals surface area (Å²) in [5.41, 5.74) is 8.21. The highest BCUT2D eigenvalue weighted by molar-refractivity contribution is 6.00. The first-order valence-corrected chi connectivity index (χ1v) is 18.4. The van der Waals surface area contributed by atoms with Gasteiger partial charge in [-0.3, -0.25) is 28.8 Å². The van der Waals surface area contributed by atoms with Crippen LogP contribution in [0.1, 0.15) is 88.8 Å². The zero-order chi connectivity index (χ0) is 37.7. The van der Waals surface area contributed by atoms with Crippen LogP contribution in [0, 0.1) is 5.92 Å². The minimum atomic E-state index is -1.07. The number of benzene rings is 2. The van der Waals surface area contributed by atoms with E-state index in [1.54, 1.807) is 0 Å². The van der Waals surface area contributed by atoms with Crippen LogP contribution < -0.4 is 32.3 Å². The van der Waals surface area contributed by atoms with Gasteiger partial charge in [-0.2, -0.15) is 0 Å². The van der Waals surface area contributed by atoms with Crippen molar-refractivity contribution in [1.29, 1.82) is 0 Å². The first kappa shape index (κ1) is 39.8. The Kier molecular flexibility index (Phi) is 14.5. The van der Waals surface area contributed by atoms with Crippen LogP contribution in [-0.2, 0) is 47.0 Å². The monoisotopic (exact) mass is 714 g/mol. The second-order valence-electron chi connectivity index (χ2n) is 15.0. The number of rotatable bonds is 7. The lowest BCUT2D eigenvalue weighted by Gasteiger charge is -2.28. The number of hydrogen-bond donors (Lipinski definition) is 6. The van der Waals surface area contributed by atoms with Gasteiger partial charge in [0.25, 0.3) is 0 Å². The number of nitrogens with two attached hydrogens (primary N) is 1. The van der Waals surface area contributed by atoms with Crippen molar-refractivity contribution in [3.8, 4) is 0 Å². The molecular formula is C40H54N6O6. The second kappa shape index (κ2) is 19.0. The Morgan fingerprint density at radius 2 is 1.21 bits per heavy atom. The zero-order valence-electron chi connectivity index (χ0n) is 30.5. The molecule has 0 spiro atoms. The quantitative estimate of drug-likeness (QED) is 0.256. The number of amides is 6. The van der Waals surface area contributed by atoms with Crippen LogP contribution in [0.4, 0.5) is 0 Å². The van der Waals surface area contributed by atoms with E-state index in [9.17, 15) is 28.8 Å². The van der Waals surface area contributed by atoms with Crippen molar-refractivity contribution in [2.24, 2.45) is 11.7 Å². The van der Waals surface area contributed by atoms with E-state index in [1.807, 2.05) is 54.6 Å². The largest absolute Gasteiger partial charge is 0.368 e. The molecule has 4 atom stereocenters. The van der Waals surface area contributed by atoms with E-state index in [2.05, 4.69) is 47.4 Å². The minimum absolute atomic E-state index is 0.0709. The van der Waals surface area contributed by atoms with Gasteiger partial charge in [-0.15, -0.1) is 0 Å². The molecule has 7 N–H and O–H groups in total. The molecular weight excluding hydrogens is 660 g/mol. The number of carbonyl (C=O) groups is 6. The zero-order valence-corrected chi connectivity index (χ0v) is 30.5. The number of hydrogen-bond acceptors (Lipinski definition) is 6. The summed E-state index contributed by atoms with van der Waals surface area (Å²) in [4.78, 5) is 79.7. The lowest BCUT2D eigenvalue weighted by Crippen LogP contribution is -2.58. The fourth-order valence-corrected chi connectivity index (χ4v) is 6.69. The van der Waals surface area contributed by atoms with Crippen molar-refractivity contribution in [1.82, 2.24) is 26.6 Å². The fourth-order valence-electron chi connectivity index (χ4n) is 6.69. The molecule has 12 nitrogen and oxygen atoms in total. The third-order valence-corrected chi connectivity index (χ3v) is 9.75.